The fourth-order valence-corrected chi connectivity index (χ4v) is 3.98. The van der Waals surface area contributed by atoms with Gasteiger partial charge in [0.1, 0.15) is 0 Å². The van der Waals surface area contributed by atoms with E-state index in [1.54, 1.807) is 38.1 Å². The second-order valence-electron chi connectivity index (χ2n) is 6.62. The number of hydrogen-bond acceptors (Lipinski definition) is 8. The highest BCUT2D eigenvalue weighted by molar-refractivity contribution is 6.31. The average molecular weight is 440 g/mol. The number of carbonyl (C=O) groups is 2. The SMILES string of the molecule is CCOC(=O)C1C(c2ccccc2Cl)C(C(=O)OC)=C(C)N(N=O)C1COCCN. The van der Waals surface area contributed by atoms with Crippen molar-refractivity contribution in [3.8, 4) is 0 Å². The minimum Gasteiger partial charge on any atom is -0.466 e. The number of ether oxygens (including phenoxy) is 3. The van der Waals surface area contributed by atoms with E-state index in [2.05, 4.69) is 5.29 Å². The first kappa shape index (κ1) is 23.8. The molecule has 0 aromatic heterocycles. The van der Waals surface area contributed by atoms with E-state index >= 15 is 0 Å². The lowest BCUT2D eigenvalue weighted by molar-refractivity contribution is -0.153. The molecule has 9 nitrogen and oxygen atoms in total. The molecule has 0 bridgehead atoms. The molecule has 0 saturated heterocycles. The summed E-state index contributed by atoms with van der Waals surface area (Å²) in [4.78, 5) is 37.5. The maximum absolute atomic E-state index is 13.1. The summed E-state index contributed by atoms with van der Waals surface area (Å²) >= 11 is 6.44. The minimum absolute atomic E-state index is 0.0286. The van der Waals surface area contributed by atoms with Gasteiger partial charge in [-0.3, -0.25) is 4.79 Å². The summed E-state index contributed by atoms with van der Waals surface area (Å²) in [6.45, 7) is 3.81. The van der Waals surface area contributed by atoms with Crippen molar-refractivity contribution in [1.82, 2.24) is 5.01 Å². The zero-order chi connectivity index (χ0) is 22.3. The third-order valence-electron chi connectivity index (χ3n) is 4.98. The first-order chi connectivity index (χ1) is 14.4. The highest BCUT2D eigenvalue weighted by atomic mass is 35.5. The van der Waals surface area contributed by atoms with Gasteiger partial charge in [0, 0.05) is 23.2 Å². The van der Waals surface area contributed by atoms with Gasteiger partial charge < -0.3 is 19.9 Å². The Labute approximate surface area is 180 Å². The Morgan fingerprint density at radius 3 is 2.57 bits per heavy atom. The molecule has 3 atom stereocenters. The molecule has 1 aliphatic heterocycles. The topological polar surface area (TPSA) is 121 Å². The number of esters is 2. The van der Waals surface area contributed by atoms with Crippen molar-refractivity contribution < 1.29 is 23.8 Å². The van der Waals surface area contributed by atoms with Crippen molar-refractivity contribution >= 4 is 23.5 Å². The average Bonchev–Trinajstić information content (AvgIpc) is 2.73. The zero-order valence-corrected chi connectivity index (χ0v) is 17.9. The van der Waals surface area contributed by atoms with E-state index in [9.17, 15) is 14.5 Å². The van der Waals surface area contributed by atoms with Crippen LogP contribution in [0.15, 0.2) is 40.8 Å². The molecule has 0 aliphatic carbocycles. The van der Waals surface area contributed by atoms with Crippen molar-refractivity contribution in [3.63, 3.8) is 0 Å². The Balaban J connectivity index is 2.75. The third-order valence-corrected chi connectivity index (χ3v) is 5.32. The van der Waals surface area contributed by atoms with Gasteiger partial charge in [0.2, 0.25) is 0 Å². The molecule has 1 heterocycles. The van der Waals surface area contributed by atoms with Gasteiger partial charge in [0.05, 0.1) is 49.7 Å². The lowest BCUT2D eigenvalue weighted by Crippen LogP contribution is -2.51. The molecular formula is C20H26ClN3O6. The number of rotatable bonds is 9. The lowest BCUT2D eigenvalue weighted by atomic mass is 9.73. The van der Waals surface area contributed by atoms with Crippen molar-refractivity contribution in [3.05, 3.63) is 51.0 Å². The van der Waals surface area contributed by atoms with Gasteiger partial charge in [-0.2, -0.15) is 0 Å². The Bertz CT molecular complexity index is 815. The molecule has 1 aliphatic rings. The van der Waals surface area contributed by atoms with Crippen LogP contribution in [0.2, 0.25) is 5.02 Å². The normalized spacial score (nSPS) is 21.4. The Kier molecular flexibility index (Phi) is 8.76. The summed E-state index contributed by atoms with van der Waals surface area (Å²) in [7, 11) is 1.22. The number of nitrogens with two attached hydrogens (primary N) is 1. The molecule has 1 aromatic rings. The van der Waals surface area contributed by atoms with Crippen LogP contribution in [0.1, 0.15) is 25.3 Å². The van der Waals surface area contributed by atoms with Crippen LogP contribution in [-0.4, -0.2) is 56.5 Å². The van der Waals surface area contributed by atoms with Gasteiger partial charge in [0.25, 0.3) is 0 Å². The number of methoxy groups -OCH3 is 1. The summed E-state index contributed by atoms with van der Waals surface area (Å²) in [6, 6.07) is 6.04. The molecule has 2 rings (SSSR count). The van der Waals surface area contributed by atoms with Crippen LogP contribution >= 0.6 is 11.6 Å². The Morgan fingerprint density at radius 2 is 2.00 bits per heavy atom. The fraction of sp³-hybridized carbons (Fsp3) is 0.500. The van der Waals surface area contributed by atoms with Crippen LogP contribution in [0.25, 0.3) is 0 Å². The highest BCUT2D eigenvalue weighted by Gasteiger charge is 2.50. The first-order valence-corrected chi connectivity index (χ1v) is 9.91. The summed E-state index contributed by atoms with van der Waals surface area (Å²) in [5, 5.41) is 4.49. The maximum Gasteiger partial charge on any atom is 0.336 e. The standard InChI is InChI=1S/C20H26ClN3O6/c1-4-30-20(26)18-15(11-29-10-9-22)24(23-27)12(2)16(19(25)28-3)17(18)13-7-5-6-8-14(13)21/h5-8,15,17-18H,4,9-11,22H2,1-3H3. The third kappa shape index (κ3) is 4.80. The molecule has 10 heteroatoms. The number of nitroso groups, excluding NO2 is 1. The van der Waals surface area contributed by atoms with E-state index in [-0.39, 0.29) is 37.6 Å². The quantitative estimate of drug-likeness (QED) is 0.353. The first-order valence-electron chi connectivity index (χ1n) is 9.53. The van der Waals surface area contributed by atoms with Crippen LogP contribution in [0.3, 0.4) is 0 Å². The number of allylic oxidation sites excluding steroid dienone is 1. The largest absolute Gasteiger partial charge is 0.466 e. The van der Waals surface area contributed by atoms with Gasteiger partial charge in [-0.05, 0) is 25.5 Å². The number of benzene rings is 1. The van der Waals surface area contributed by atoms with Crippen molar-refractivity contribution in [2.75, 3.05) is 33.5 Å². The lowest BCUT2D eigenvalue weighted by Gasteiger charge is -2.42. The molecule has 2 N–H and O–H groups in total. The van der Waals surface area contributed by atoms with E-state index < -0.39 is 29.8 Å². The Morgan fingerprint density at radius 1 is 1.30 bits per heavy atom. The molecular weight excluding hydrogens is 414 g/mol. The van der Waals surface area contributed by atoms with Crippen LogP contribution in [0, 0.1) is 10.8 Å². The van der Waals surface area contributed by atoms with Crippen LogP contribution < -0.4 is 5.73 Å². The summed E-state index contributed by atoms with van der Waals surface area (Å²) in [5.74, 6) is -3.12. The molecule has 0 spiro atoms. The molecule has 0 fully saturated rings. The van der Waals surface area contributed by atoms with Gasteiger partial charge in [-0.25, -0.2) is 9.80 Å². The molecule has 30 heavy (non-hydrogen) atoms. The minimum atomic E-state index is -1.00. The van der Waals surface area contributed by atoms with Crippen molar-refractivity contribution in [2.45, 2.75) is 25.8 Å². The van der Waals surface area contributed by atoms with Crippen LogP contribution in [-0.2, 0) is 23.8 Å². The molecule has 0 amide bonds. The highest BCUT2D eigenvalue weighted by Crippen LogP contribution is 2.46. The van der Waals surface area contributed by atoms with Crippen LogP contribution in [0.4, 0.5) is 0 Å². The fourth-order valence-electron chi connectivity index (χ4n) is 3.73. The molecule has 0 saturated carbocycles. The zero-order valence-electron chi connectivity index (χ0n) is 17.2. The molecule has 164 valence electrons. The molecule has 0 radical (unpaired) electrons. The summed E-state index contributed by atoms with van der Waals surface area (Å²) in [6.07, 6.45) is 0. The monoisotopic (exact) mass is 439 g/mol. The van der Waals surface area contributed by atoms with Crippen LogP contribution in [0.5, 0.6) is 0 Å². The van der Waals surface area contributed by atoms with Crippen molar-refractivity contribution in [2.24, 2.45) is 16.9 Å². The summed E-state index contributed by atoms with van der Waals surface area (Å²) < 4.78 is 15.8. The predicted octanol–water partition coefficient (Wildman–Crippen LogP) is 2.39. The smallest absolute Gasteiger partial charge is 0.336 e. The van der Waals surface area contributed by atoms with E-state index in [1.807, 2.05) is 0 Å². The van der Waals surface area contributed by atoms with Gasteiger partial charge >= 0.3 is 11.9 Å². The summed E-state index contributed by atoms with van der Waals surface area (Å²) in [5.41, 5.74) is 6.39. The van der Waals surface area contributed by atoms with E-state index in [0.717, 1.165) is 5.01 Å². The van der Waals surface area contributed by atoms with Crippen molar-refractivity contribution in [1.29, 1.82) is 0 Å². The van der Waals surface area contributed by atoms with E-state index in [0.29, 0.717) is 10.6 Å². The predicted molar refractivity (Wildman–Crippen MR) is 110 cm³/mol. The van der Waals surface area contributed by atoms with Gasteiger partial charge in [-0.15, -0.1) is 4.91 Å². The molecule has 1 aromatic carbocycles. The van der Waals surface area contributed by atoms with E-state index in [1.165, 1.54) is 7.11 Å². The number of carbonyl (C=O) groups excluding carboxylic acids is 2. The molecule has 3 unspecified atom stereocenters. The number of halogens is 1. The second-order valence-corrected chi connectivity index (χ2v) is 7.03. The second kappa shape index (κ2) is 11.1. The number of nitrogens with zero attached hydrogens (tertiary/aromatic N) is 2. The number of hydrogen-bond donors (Lipinski definition) is 1. The van der Waals surface area contributed by atoms with Gasteiger partial charge in [0.15, 0.2) is 0 Å². The van der Waals surface area contributed by atoms with E-state index in [4.69, 9.17) is 31.5 Å². The van der Waals surface area contributed by atoms with Gasteiger partial charge in [-0.1, -0.05) is 29.8 Å². The maximum atomic E-state index is 13.1. The Hall–Kier alpha value is -2.49.